The zero-order valence-electron chi connectivity index (χ0n) is 20.3. The first-order valence-corrected chi connectivity index (χ1v) is 12.7. The molecule has 3 aromatic rings. The summed E-state index contributed by atoms with van der Waals surface area (Å²) in [7, 11) is -2.36. The van der Waals surface area contributed by atoms with Gasteiger partial charge in [-0.25, -0.2) is 8.42 Å². The lowest BCUT2D eigenvalue weighted by atomic mass is 10.0. The summed E-state index contributed by atoms with van der Waals surface area (Å²) in [6.45, 7) is 7.34. The average Bonchev–Trinajstić information content (AvgIpc) is 2.82. The van der Waals surface area contributed by atoms with Gasteiger partial charge in [-0.05, 0) is 68.7 Å². The molecular formula is C27H32N2O4S. The van der Waals surface area contributed by atoms with E-state index in [1.807, 2.05) is 64.1 Å². The molecule has 0 spiro atoms. The molecule has 0 aliphatic rings. The second-order valence-electron chi connectivity index (χ2n) is 8.42. The number of carbonyl (C=O) groups excluding carboxylic acids is 1. The Morgan fingerprint density at radius 1 is 0.941 bits per heavy atom. The highest BCUT2D eigenvalue weighted by atomic mass is 32.2. The first-order chi connectivity index (χ1) is 16.1. The summed E-state index contributed by atoms with van der Waals surface area (Å²) in [4.78, 5) is 13.3. The normalized spacial score (nSPS) is 12.1. The molecule has 34 heavy (non-hydrogen) atoms. The predicted molar refractivity (Wildman–Crippen MR) is 136 cm³/mol. The first kappa shape index (κ1) is 25.3. The van der Waals surface area contributed by atoms with E-state index in [-0.39, 0.29) is 23.4 Å². The molecule has 1 amide bonds. The van der Waals surface area contributed by atoms with Crippen molar-refractivity contribution in [1.29, 1.82) is 0 Å². The van der Waals surface area contributed by atoms with Gasteiger partial charge in [0.2, 0.25) is 5.91 Å². The third-order valence-electron chi connectivity index (χ3n) is 5.78. The standard InChI is InChI=1S/C27H32N2O4S/c1-6-25(22-10-12-23(33-5)13-11-22)28-27(30)18-29(26-16-9-20(3)17-21(26)4)34(31,32)24-14-7-19(2)8-15-24/h7-17,25H,6,18H2,1-5H3,(H,28,30)/t25-/m1/s1. The van der Waals surface area contributed by atoms with Crippen LogP contribution in [0.2, 0.25) is 0 Å². The van der Waals surface area contributed by atoms with Crippen LogP contribution in [0.15, 0.2) is 71.6 Å². The molecule has 1 N–H and O–H groups in total. The van der Waals surface area contributed by atoms with E-state index in [0.29, 0.717) is 12.1 Å². The number of aryl methyl sites for hydroxylation is 3. The molecule has 3 rings (SSSR count). The lowest BCUT2D eigenvalue weighted by Crippen LogP contribution is -2.42. The molecule has 0 aromatic heterocycles. The van der Waals surface area contributed by atoms with Crippen molar-refractivity contribution >= 4 is 21.6 Å². The number of nitrogens with zero attached hydrogens (tertiary/aromatic N) is 1. The molecule has 0 aliphatic carbocycles. The number of hydrogen-bond donors (Lipinski definition) is 1. The molecule has 0 fully saturated rings. The molecule has 0 heterocycles. The molecule has 7 heteroatoms. The molecule has 6 nitrogen and oxygen atoms in total. The molecule has 0 aliphatic heterocycles. The molecule has 0 saturated heterocycles. The SMILES string of the molecule is CC[C@@H](NC(=O)CN(c1ccc(C)cc1C)S(=O)(=O)c1ccc(C)cc1)c1ccc(OC)cc1. The third-order valence-corrected chi connectivity index (χ3v) is 7.55. The second kappa shape index (κ2) is 10.7. The Morgan fingerprint density at radius 2 is 1.56 bits per heavy atom. The molecule has 0 bridgehead atoms. The van der Waals surface area contributed by atoms with E-state index in [1.54, 1.807) is 37.4 Å². The maximum absolute atomic E-state index is 13.6. The Kier molecular flexibility index (Phi) is 7.99. The fraction of sp³-hybridized carbons (Fsp3) is 0.296. The molecule has 0 unspecified atom stereocenters. The number of ether oxygens (including phenoxy) is 1. The lowest BCUT2D eigenvalue weighted by molar-refractivity contribution is -0.120. The fourth-order valence-electron chi connectivity index (χ4n) is 3.85. The van der Waals surface area contributed by atoms with Crippen LogP contribution in [0.4, 0.5) is 5.69 Å². The van der Waals surface area contributed by atoms with Crippen LogP contribution < -0.4 is 14.4 Å². The van der Waals surface area contributed by atoms with Gasteiger partial charge in [0.05, 0.1) is 23.7 Å². The van der Waals surface area contributed by atoms with Gasteiger partial charge in [0.15, 0.2) is 0 Å². The average molecular weight is 481 g/mol. The largest absolute Gasteiger partial charge is 0.497 e. The van der Waals surface area contributed by atoms with Gasteiger partial charge in [-0.3, -0.25) is 9.10 Å². The van der Waals surface area contributed by atoms with Gasteiger partial charge in [-0.15, -0.1) is 0 Å². The maximum Gasteiger partial charge on any atom is 0.264 e. The van der Waals surface area contributed by atoms with Crippen molar-refractivity contribution < 1.29 is 17.9 Å². The number of anilines is 1. The van der Waals surface area contributed by atoms with Crippen LogP contribution >= 0.6 is 0 Å². The molecule has 0 radical (unpaired) electrons. The number of hydrogen-bond acceptors (Lipinski definition) is 4. The summed E-state index contributed by atoms with van der Waals surface area (Å²) in [6.07, 6.45) is 0.659. The van der Waals surface area contributed by atoms with Crippen molar-refractivity contribution in [3.05, 3.63) is 89.0 Å². The Labute approximate surface area is 202 Å². The Hall–Kier alpha value is -3.32. The zero-order chi connectivity index (χ0) is 24.9. The topological polar surface area (TPSA) is 75.7 Å². The summed E-state index contributed by atoms with van der Waals surface area (Å²) in [5, 5.41) is 3.00. The van der Waals surface area contributed by atoms with Gasteiger partial charge in [0, 0.05) is 0 Å². The minimum absolute atomic E-state index is 0.146. The highest BCUT2D eigenvalue weighted by Crippen LogP contribution is 2.28. The monoisotopic (exact) mass is 480 g/mol. The van der Waals surface area contributed by atoms with Crippen molar-refractivity contribution in [2.45, 2.75) is 45.1 Å². The smallest absolute Gasteiger partial charge is 0.264 e. The molecule has 0 saturated carbocycles. The van der Waals surface area contributed by atoms with Gasteiger partial charge in [-0.1, -0.05) is 54.4 Å². The summed E-state index contributed by atoms with van der Waals surface area (Å²) in [6, 6.07) is 19.4. The molecular weight excluding hydrogens is 448 g/mol. The van der Waals surface area contributed by atoms with Crippen LogP contribution in [0.1, 0.15) is 41.6 Å². The van der Waals surface area contributed by atoms with Crippen LogP contribution in [-0.4, -0.2) is 28.0 Å². The maximum atomic E-state index is 13.6. The summed E-state index contributed by atoms with van der Waals surface area (Å²) in [5.74, 6) is 0.355. The highest BCUT2D eigenvalue weighted by Gasteiger charge is 2.29. The number of sulfonamides is 1. The van der Waals surface area contributed by atoms with Crippen LogP contribution in [0.5, 0.6) is 5.75 Å². The Morgan fingerprint density at radius 3 is 2.12 bits per heavy atom. The highest BCUT2D eigenvalue weighted by molar-refractivity contribution is 7.92. The van der Waals surface area contributed by atoms with E-state index in [1.165, 1.54) is 4.31 Å². The molecule has 3 aromatic carbocycles. The van der Waals surface area contributed by atoms with Crippen LogP contribution in [0.3, 0.4) is 0 Å². The number of methoxy groups -OCH3 is 1. The second-order valence-corrected chi connectivity index (χ2v) is 10.3. The van der Waals surface area contributed by atoms with Gasteiger partial charge in [-0.2, -0.15) is 0 Å². The van der Waals surface area contributed by atoms with Crippen LogP contribution in [-0.2, 0) is 14.8 Å². The van der Waals surface area contributed by atoms with Crippen molar-refractivity contribution in [1.82, 2.24) is 5.32 Å². The minimum atomic E-state index is -3.96. The van der Waals surface area contributed by atoms with Crippen LogP contribution in [0.25, 0.3) is 0 Å². The zero-order valence-corrected chi connectivity index (χ0v) is 21.1. The first-order valence-electron chi connectivity index (χ1n) is 11.3. The van der Waals surface area contributed by atoms with E-state index in [2.05, 4.69) is 5.32 Å². The number of benzene rings is 3. The summed E-state index contributed by atoms with van der Waals surface area (Å²) >= 11 is 0. The summed E-state index contributed by atoms with van der Waals surface area (Å²) < 4.78 is 33.7. The van der Waals surface area contributed by atoms with Gasteiger partial charge < -0.3 is 10.1 Å². The van der Waals surface area contributed by atoms with Crippen molar-refractivity contribution in [3.63, 3.8) is 0 Å². The Balaban J connectivity index is 1.93. The fourth-order valence-corrected chi connectivity index (χ4v) is 5.34. The number of amides is 1. The quantitative estimate of drug-likeness (QED) is 0.463. The number of rotatable bonds is 9. The van der Waals surface area contributed by atoms with E-state index in [9.17, 15) is 13.2 Å². The van der Waals surface area contributed by atoms with E-state index in [0.717, 1.165) is 28.0 Å². The lowest BCUT2D eigenvalue weighted by Gasteiger charge is -2.27. The van der Waals surface area contributed by atoms with Crippen molar-refractivity contribution in [2.75, 3.05) is 18.0 Å². The van der Waals surface area contributed by atoms with Gasteiger partial charge in [0.25, 0.3) is 10.0 Å². The predicted octanol–water partition coefficient (Wildman–Crippen LogP) is 5.08. The molecule has 1 atom stereocenters. The van der Waals surface area contributed by atoms with E-state index < -0.39 is 10.0 Å². The van der Waals surface area contributed by atoms with Crippen molar-refractivity contribution in [3.8, 4) is 5.75 Å². The summed E-state index contributed by atoms with van der Waals surface area (Å²) in [5.41, 5.74) is 4.17. The van der Waals surface area contributed by atoms with Crippen LogP contribution in [0, 0.1) is 20.8 Å². The number of carbonyl (C=O) groups is 1. The minimum Gasteiger partial charge on any atom is -0.497 e. The third kappa shape index (κ3) is 5.78. The molecule has 180 valence electrons. The van der Waals surface area contributed by atoms with E-state index in [4.69, 9.17) is 4.74 Å². The van der Waals surface area contributed by atoms with Gasteiger partial charge >= 0.3 is 0 Å². The number of nitrogens with one attached hydrogen (secondary N) is 1. The Bertz CT molecular complexity index is 1240. The van der Waals surface area contributed by atoms with E-state index >= 15 is 0 Å². The van der Waals surface area contributed by atoms with Gasteiger partial charge in [0.1, 0.15) is 12.3 Å². The van der Waals surface area contributed by atoms with Crippen molar-refractivity contribution in [2.24, 2.45) is 0 Å².